The van der Waals surface area contributed by atoms with Crippen LogP contribution in [0.2, 0.25) is 0 Å². The Morgan fingerprint density at radius 2 is 1.92 bits per heavy atom. The minimum absolute atomic E-state index is 0.0563. The van der Waals surface area contributed by atoms with Crippen LogP contribution >= 0.6 is 0 Å². The molecule has 0 aromatic heterocycles. The SMILES string of the molecule is CC(=O)O.CN(Cc1ccccc1F)C(=O)[C@H]1CC[C@@H](N)[C@H](O)C1. The molecule has 1 saturated carbocycles. The number of carbonyl (C=O) groups excluding carboxylic acids is 1. The fourth-order valence-corrected chi connectivity index (χ4v) is 2.67. The van der Waals surface area contributed by atoms with Gasteiger partial charge in [0.05, 0.1) is 6.10 Å². The van der Waals surface area contributed by atoms with E-state index in [-0.39, 0.29) is 30.2 Å². The summed E-state index contributed by atoms with van der Waals surface area (Å²) in [5, 5.41) is 17.2. The molecule has 1 fully saturated rings. The topological polar surface area (TPSA) is 104 Å². The van der Waals surface area contributed by atoms with E-state index in [4.69, 9.17) is 15.6 Å². The van der Waals surface area contributed by atoms with Gasteiger partial charge < -0.3 is 20.8 Å². The summed E-state index contributed by atoms with van der Waals surface area (Å²) < 4.78 is 13.6. The number of rotatable bonds is 3. The third-order valence-corrected chi connectivity index (χ3v) is 3.96. The van der Waals surface area contributed by atoms with Gasteiger partial charge in [-0.05, 0) is 25.3 Å². The molecular weight excluding hydrogens is 315 g/mol. The maximum Gasteiger partial charge on any atom is 0.300 e. The van der Waals surface area contributed by atoms with Gasteiger partial charge in [0.15, 0.2) is 0 Å². The third kappa shape index (κ3) is 6.25. The molecular formula is C17H25FN2O4. The Morgan fingerprint density at radius 1 is 1.33 bits per heavy atom. The van der Waals surface area contributed by atoms with Crippen LogP contribution in [-0.4, -0.2) is 46.2 Å². The molecule has 6 nitrogen and oxygen atoms in total. The van der Waals surface area contributed by atoms with Crippen molar-refractivity contribution in [1.82, 2.24) is 4.90 Å². The van der Waals surface area contributed by atoms with Crippen molar-refractivity contribution in [2.45, 2.75) is 44.9 Å². The molecule has 1 aromatic carbocycles. The Hall–Kier alpha value is -1.99. The van der Waals surface area contributed by atoms with Crippen molar-refractivity contribution in [3.05, 3.63) is 35.6 Å². The predicted octanol–water partition coefficient (Wildman–Crippen LogP) is 1.36. The molecule has 0 radical (unpaired) electrons. The number of carboxylic acids is 1. The Morgan fingerprint density at radius 3 is 2.46 bits per heavy atom. The quantitative estimate of drug-likeness (QED) is 0.771. The molecule has 0 unspecified atom stereocenters. The molecule has 1 aliphatic carbocycles. The molecule has 0 bridgehead atoms. The van der Waals surface area contributed by atoms with Crippen LogP contribution in [0.4, 0.5) is 4.39 Å². The van der Waals surface area contributed by atoms with Crippen molar-refractivity contribution in [3.63, 3.8) is 0 Å². The van der Waals surface area contributed by atoms with E-state index in [1.807, 2.05) is 0 Å². The first kappa shape index (κ1) is 20.1. The van der Waals surface area contributed by atoms with Gasteiger partial charge in [-0.3, -0.25) is 9.59 Å². The lowest BCUT2D eigenvalue weighted by Gasteiger charge is -2.32. The van der Waals surface area contributed by atoms with Crippen LogP contribution in [0.3, 0.4) is 0 Å². The van der Waals surface area contributed by atoms with E-state index in [1.165, 1.54) is 11.0 Å². The van der Waals surface area contributed by atoms with Gasteiger partial charge >= 0.3 is 0 Å². The van der Waals surface area contributed by atoms with Crippen molar-refractivity contribution in [2.24, 2.45) is 11.7 Å². The zero-order valence-corrected chi connectivity index (χ0v) is 14.0. The highest BCUT2D eigenvalue weighted by atomic mass is 19.1. The molecule has 4 N–H and O–H groups in total. The molecule has 1 aromatic rings. The average Bonchev–Trinajstić information content (AvgIpc) is 2.51. The standard InChI is InChI=1S/C15H21FN2O2.C2H4O2/c1-18(9-11-4-2-3-5-12(11)16)15(20)10-6-7-13(17)14(19)8-10;1-2(3)4/h2-5,10,13-14,19H,6-9,17H2,1H3;1H3,(H,3,4)/t10-,13+,14+;/m0./s1. The first-order valence-electron chi connectivity index (χ1n) is 7.84. The van der Waals surface area contributed by atoms with Gasteiger partial charge in [0.25, 0.3) is 5.97 Å². The number of carbonyl (C=O) groups is 2. The average molecular weight is 340 g/mol. The highest BCUT2D eigenvalue weighted by Gasteiger charge is 2.32. The summed E-state index contributed by atoms with van der Waals surface area (Å²) in [4.78, 5) is 22.8. The molecule has 1 amide bonds. The van der Waals surface area contributed by atoms with Crippen molar-refractivity contribution in [2.75, 3.05) is 7.05 Å². The zero-order valence-electron chi connectivity index (χ0n) is 14.0. The molecule has 1 aliphatic rings. The largest absolute Gasteiger partial charge is 0.481 e. The number of aliphatic carboxylic acids is 1. The highest BCUT2D eigenvalue weighted by molar-refractivity contribution is 5.78. The van der Waals surface area contributed by atoms with E-state index in [9.17, 15) is 14.3 Å². The van der Waals surface area contributed by atoms with Crippen LogP contribution in [0.1, 0.15) is 31.7 Å². The molecule has 7 heteroatoms. The van der Waals surface area contributed by atoms with Crippen LogP contribution in [0.15, 0.2) is 24.3 Å². The number of hydrogen-bond acceptors (Lipinski definition) is 4. The smallest absolute Gasteiger partial charge is 0.300 e. The summed E-state index contributed by atoms with van der Waals surface area (Å²) in [5.41, 5.74) is 6.23. The Bertz CT molecular complexity index is 563. The monoisotopic (exact) mass is 340 g/mol. The predicted molar refractivity (Wildman–Crippen MR) is 87.5 cm³/mol. The summed E-state index contributed by atoms with van der Waals surface area (Å²) in [5.74, 6) is -1.42. The highest BCUT2D eigenvalue weighted by Crippen LogP contribution is 2.25. The van der Waals surface area contributed by atoms with Crippen molar-refractivity contribution < 1.29 is 24.2 Å². The Balaban J connectivity index is 0.000000648. The summed E-state index contributed by atoms with van der Waals surface area (Å²) >= 11 is 0. The molecule has 24 heavy (non-hydrogen) atoms. The second-order valence-electron chi connectivity index (χ2n) is 6.05. The number of aliphatic hydroxyl groups excluding tert-OH is 1. The maximum absolute atomic E-state index is 13.6. The molecule has 0 heterocycles. The first-order valence-corrected chi connectivity index (χ1v) is 7.84. The third-order valence-electron chi connectivity index (χ3n) is 3.96. The minimum atomic E-state index is -0.833. The van der Waals surface area contributed by atoms with Gasteiger partial charge in [-0.1, -0.05) is 18.2 Å². The van der Waals surface area contributed by atoms with Gasteiger partial charge in [-0.15, -0.1) is 0 Å². The second-order valence-corrected chi connectivity index (χ2v) is 6.05. The number of benzene rings is 1. The van der Waals surface area contributed by atoms with E-state index >= 15 is 0 Å². The van der Waals surface area contributed by atoms with E-state index in [1.54, 1.807) is 25.2 Å². The minimum Gasteiger partial charge on any atom is -0.481 e. The van der Waals surface area contributed by atoms with Crippen LogP contribution in [0.5, 0.6) is 0 Å². The van der Waals surface area contributed by atoms with Crippen LogP contribution in [0.25, 0.3) is 0 Å². The number of nitrogens with zero attached hydrogens (tertiary/aromatic N) is 1. The van der Waals surface area contributed by atoms with Gasteiger partial charge in [0, 0.05) is 38.0 Å². The first-order chi connectivity index (χ1) is 11.2. The molecule has 2 rings (SSSR count). The van der Waals surface area contributed by atoms with Crippen LogP contribution in [0, 0.1) is 11.7 Å². The van der Waals surface area contributed by atoms with Crippen molar-refractivity contribution in [1.29, 1.82) is 0 Å². The van der Waals surface area contributed by atoms with Crippen LogP contribution < -0.4 is 5.73 Å². The number of hydrogen-bond donors (Lipinski definition) is 3. The fourth-order valence-electron chi connectivity index (χ4n) is 2.67. The van der Waals surface area contributed by atoms with Gasteiger partial charge in [-0.2, -0.15) is 0 Å². The number of carboxylic acid groups (broad SMARTS) is 1. The van der Waals surface area contributed by atoms with Crippen LogP contribution in [-0.2, 0) is 16.1 Å². The summed E-state index contributed by atoms with van der Waals surface area (Å²) in [6, 6.07) is 6.19. The van der Waals surface area contributed by atoms with E-state index in [2.05, 4.69) is 0 Å². The lowest BCUT2D eigenvalue weighted by molar-refractivity contribution is -0.137. The summed E-state index contributed by atoms with van der Waals surface area (Å²) in [7, 11) is 1.66. The number of halogens is 1. The Labute approximate surface area is 141 Å². The fraction of sp³-hybridized carbons (Fsp3) is 0.529. The molecule has 3 atom stereocenters. The molecule has 0 saturated heterocycles. The van der Waals surface area contributed by atoms with E-state index in [0.29, 0.717) is 24.8 Å². The normalized spacial score (nSPS) is 23.0. The molecule has 134 valence electrons. The zero-order chi connectivity index (χ0) is 18.3. The van der Waals surface area contributed by atoms with Crippen molar-refractivity contribution >= 4 is 11.9 Å². The lowest BCUT2D eigenvalue weighted by atomic mass is 9.83. The van der Waals surface area contributed by atoms with E-state index < -0.39 is 12.1 Å². The maximum atomic E-state index is 13.6. The molecule has 0 spiro atoms. The Kier molecular flexibility index (Phi) is 7.81. The number of nitrogens with two attached hydrogens (primary N) is 1. The summed E-state index contributed by atoms with van der Waals surface area (Å²) in [6.45, 7) is 1.32. The lowest BCUT2D eigenvalue weighted by Crippen LogP contribution is -2.44. The van der Waals surface area contributed by atoms with Gasteiger partial charge in [0.2, 0.25) is 5.91 Å². The second kappa shape index (κ2) is 9.34. The van der Waals surface area contributed by atoms with E-state index in [0.717, 1.165) is 6.92 Å². The number of amides is 1. The summed E-state index contributed by atoms with van der Waals surface area (Å²) in [6.07, 6.45) is 1.09. The van der Waals surface area contributed by atoms with Gasteiger partial charge in [-0.25, -0.2) is 4.39 Å². The number of aliphatic hydroxyl groups is 1. The molecule has 0 aliphatic heterocycles. The van der Waals surface area contributed by atoms with Gasteiger partial charge in [0.1, 0.15) is 5.82 Å². The van der Waals surface area contributed by atoms with Crippen molar-refractivity contribution in [3.8, 4) is 0 Å².